The van der Waals surface area contributed by atoms with Crippen molar-refractivity contribution in [1.29, 1.82) is 0 Å². The van der Waals surface area contributed by atoms with Crippen LogP contribution in [-0.4, -0.2) is 80.7 Å². The molecule has 34 heavy (non-hydrogen) atoms. The first-order chi connectivity index (χ1) is 15.6. The van der Waals surface area contributed by atoms with Crippen LogP contribution in [0.25, 0.3) is 0 Å². The summed E-state index contributed by atoms with van der Waals surface area (Å²) in [5.41, 5.74) is 0. The molecule has 0 spiro atoms. The Hall–Kier alpha value is -1.32. The monoisotopic (exact) mass is 588 g/mol. The highest BCUT2D eigenvalue weighted by Crippen LogP contribution is 2.24. The maximum absolute atomic E-state index is 11.5. The number of hydrogen-bond donors (Lipinski definition) is 1. The highest BCUT2D eigenvalue weighted by Gasteiger charge is 2.39. The molecule has 4 nitrogen and oxygen atoms in total. The van der Waals surface area contributed by atoms with E-state index in [1.807, 2.05) is 0 Å². The highest BCUT2D eigenvalue weighted by molar-refractivity contribution is 7.80. The third-order valence-electron chi connectivity index (χ3n) is 0.759. The van der Waals surface area contributed by atoms with E-state index in [-0.39, 0.29) is 6.67 Å². The van der Waals surface area contributed by atoms with Gasteiger partial charge in [-0.25, -0.2) is 35.1 Å². The molecule has 0 aromatic carbocycles. The first-order valence-electron chi connectivity index (χ1n) is 6.96. The Morgan fingerprint density at radius 2 is 0.941 bits per heavy atom. The van der Waals surface area contributed by atoms with Crippen molar-refractivity contribution < 1.29 is 92.2 Å². The van der Waals surface area contributed by atoms with Crippen molar-refractivity contribution in [1.82, 2.24) is 0 Å². The summed E-state index contributed by atoms with van der Waals surface area (Å²) < 4.78 is 197. The molecule has 1 N–H and O–H groups in total. The van der Waals surface area contributed by atoms with Crippen LogP contribution < -0.4 is 0 Å². The lowest BCUT2D eigenvalue weighted by Gasteiger charge is -2.08. The summed E-state index contributed by atoms with van der Waals surface area (Å²) in [4.78, 5) is 2.38. The van der Waals surface area contributed by atoms with Crippen molar-refractivity contribution in [3.63, 3.8) is 0 Å². The molecule has 0 aromatic heterocycles. The third-order valence-corrected chi connectivity index (χ3v) is 0.759. The van der Waals surface area contributed by atoms with Gasteiger partial charge >= 0.3 is 16.7 Å². The second kappa shape index (κ2) is 63.4. The summed E-state index contributed by atoms with van der Waals surface area (Å²) in [6.07, 6.45) is -9.00. The average molecular weight is 588 g/mol. The van der Waals surface area contributed by atoms with Crippen LogP contribution in [0.1, 0.15) is 13.3 Å². The second-order valence-corrected chi connectivity index (χ2v) is 3.51. The van der Waals surface area contributed by atoms with Gasteiger partial charge < -0.3 is 0 Å². The van der Waals surface area contributed by atoms with Crippen LogP contribution in [0.3, 0.4) is 0 Å². The Morgan fingerprint density at radius 1 is 0.794 bits per heavy atom. The molecule has 0 saturated heterocycles. The number of halogens is 17. The zero-order valence-corrected chi connectivity index (χ0v) is 18.3. The first kappa shape index (κ1) is 58.5. The zero-order chi connectivity index (χ0) is 30.2. The van der Waals surface area contributed by atoms with Crippen LogP contribution in [0.4, 0.5) is 74.3 Å². The molecular weight excluding hydrogens is 563 g/mol. The minimum atomic E-state index is -5.17. The highest BCUT2D eigenvalue weighted by atomic mass is 32.3. The van der Waals surface area contributed by atoms with Crippen LogP contribution in [0.2, 0.25) is 0 Å². The maximum atomic E-state index is 11.5. The fourth-order valence-corrected chi connectivity index (χ4v) is 0.259. The van der Waals surface area contributed by atoms with Crippen LogP contribution in [0.5, 0.6) is 0 Å². The predicted molar refractivity (Wildman–Crippen MR) is 89.3 cm³/mol. The molecule has 0 heterocycles. The van der Waals surface area contributed by atoms with E-state index in [0.29, 0.717) is 14.4 Å². The van der Waals surface area contributed by atoms with E-state index in [1.54, 1.807) is 0 Å². The minimum absolute atomic E-state index is 0.250. The molecule has 0 saturated carbocycles. The minimum Gasteiger partial charge on any atom is -0.260 e. The molecule has 0 radical (unpaired) electrons. The van der Waals surface area contributed by atoms with Crippen molar-refractivity contribution in [2.75, 3.05) is 55.3 Å². The maximum Gasteiger partial charge on any atom is 0.435 e. The molecule has 0 fully saturated rings. The zero-order valence-electron chi connectivity index (χ0n) is 17.5. The SMILES string of the molecule is CCF.CF.CF.FCCC(F)C(F)(F)F.FCF.FCF.FCF.FCOF.O=S(=O)(O)F. The van der Waals surface area contributed by atoms with Crippen molar-refractivity contribution in [3.05, 3.63) is 0 Å². The molecule has 0 bridgehead atoms. The Balaban J connectivity index is -0.0000000314. The van der Waals surface area contributed by atoms with Gasteiger partial charge in [-0.2, -0.15) is 26.5 Å². The molecule has 0 aliphatic heterocycles. The lowest BCUT2D eigenvalue weighted by Crippen LogP contribution is -2.24. The van der Waals surface area contributed by atoms with Gasteiger partial charge in [0.1, 0.15) is 0 Å². The molecule has 0 aromatic rings. The normalized spacial score (nSPS) is 9.21. The number of rotatable bonds is 3. The van der Waals surface area contributed by atoms with E-state index in [1.165, 1.54) is 6.92 Å². The smallest absolute Gasteiger partial charge is 0.260 e. The number of hydrogen-bond acceptors (Lipinski definition) is 3. The first-order valence-corrected chi connectivity index (χ1v) is 8.30. The van der Waals surface area contributed by atoms with Crippen LogP contribution in [0, 0.1) is 0 Å². The van der Waals surface area contributed by atoms with Gasteiger partial charge in [-0.15, -0.1) is 0 Å². The van der Waals surface area contributed by atoms with Crippen LogP contribution in [-0.2, 0) is 15.4 Å². The summed E-state index contributed by atoms with van der Waals surface area (Å²) in [6, 6.07) is 0. The molecule has 222 valence electrons. The summed E-state index contributed by atoms with van der Waals surface area (Å²) >= 11 is 0. The van der Waals surface area contributed by atoms with E-state index >= 15 is 0 Å². The van der Waals surface area contributed by atoms with E-state index in [0.717, 1.165) is 0 Å². The summed E-state index contributed by atoms with van der Waals surface area (Å²) in [5.74, 6) is 0. The molecule has 0 aliphatic carbocycles. The van der Waals surface area contributed by atoms with Crippen molar-refractivity contribution in [2.24, 2.45) is 0 Å². The van der Waals surface area contributed by atoms with Gasteiger partial charge in [-0.3, -0.25) is 22.1 Å². The van der Waals surface area contributed by atoms with Gasteiger partial charge in [-0.05, 0) is 11.4 Å². The molecular formula is C12H25F17O4S. The standard InChI is InChI=1S/C4H5F5.C2H5F.CH2F2O.3CH2F2.2CH3F.FHO3S/c5-2-1-3(6)4(7,8)9;1-2-3;2-1-4-3;3*2-1-3;2*1-2;1-5(2,3)4/h3H,1-2H2;2H2,1H3;1H2;3*1H2;2*1H3;(H,2,3,4). The predicted octanol–water partition coefficient (Wildman–Crippen LogP) is 7.62. The van der Waals surface area contributed by atoms with Gasteiger partial charge in [0.25, 0.3) is 0 Å². The molecule has 1 atom stereocenters. The Morgan fingerprint density at radius 3 is 0.971 bits per heavy atom. The fraction of sp³-hybridized carbons (Fsp3) is 1.00. The van der Waals surface area contributed by atoms with Crippen LogP contribution >= 0.6 is 0 Å². The van der Waals surface area contributed by atoms with Crippen molar-refractivity contribution in [2.45, 2.75) is 25.7 Å². The van der Waals surface area contributed by atoms with E-state index in [9.17, 15) is 74.3 Å². The quantitative estimate of drug-likeness (QED) is 0.210. The lowest BCUT2D eigenvalue weighted by atomic mass is 10.3. The van der Waals surface area contributed by atoms with Gasteiger partial charge in [-0.1, -0.05) is 3.89 Å². The van der Waals surface area contributed by atoms with Gasteiger partial charge in [0.2, 0.25) is 27.6 Å². The topological polar surface area (TPSA) is 63.6 Å². The van der Waals surface area contributed by atoms with Crippen LogP contribution in [0.15, 0.2) is 0 Å². The third kappa shape index (κ3) is 359. The Kier molecular flexibility index (Phi) is 109. The van der Waals surface area contributed by atoms with Gasteiger partial charge in [0.15, 0.2) is 6.17 Å². The second-order valence-electron chi connectivity index (χ2n) is 2.69. The molecule has 22 heteroatoms. The Labute approximate surface area is 185 Å². The van der Waals surface area contributed by atoms with Crippen molar-refractivity contribution >= 4 is 10.5 Å². The average Bonchev–Trinajstić information content (AvgIpc) is 2.72. The summed E-state index contributed by atoms with van der Waals surface area (Å²) in [6.45, 7) is -6.67. The van der Waals surface area contributed by atoms with Crippen molar-refractivity contribution in [3.8, 4) is 0 Å². The molecule has 0 rings (SSSR count). The molecule has 0 aliphatic rings. The van der Waals surface area contributed by atoms with Gasteiger partial charge in [0, 0.05) is 6.42 Å². The molecule has 0 amide bonds. The van der Waals surface area contributed by atoms with Gasteiger partial charge in [0.05, 0.1) is 27.7 Å². The number of alkyl halides is 15. The molecule has 1 unspecified atom stereocenters. The van der Waals surface area contributed by atoms with E-state index in [4.69, 9.17) is 13.0 Å². The fourth-order valence-electron chi connectivity index (χ4n) is 0.259. The largest absolute Gasteiger partial charge is 0.435 e. The Bertz CT molecular complexity index is 319. The summed E-state index contributed by atoms with van der Waals surface area (Å²) in [5, 5.41) is 0. The summed E-state index contributed by atoms with van der Waals surface area (Å²) in [7, 11) is -4.17. The lowest BCUT2D eigenvalue weighted by molar-refractivity contribution is -0.182. The van der Waals surface area contributed by atoms with E-state index < -0.39 is 63.6 Å². The van der Waals surface area contributed by atoms with E-state index in [2.05, 4.69) is 4.94 Å².